The summed E-state index contributed by atoms with van der Waals surface area (Å²) in [6.45, 7) is 25.9. The lowest BCUT2D eigenvalue weighted by Gasteiger charge is -2.73. The first-order valence-electron chi connectivity index (χ1n) is 20.9. The molecular weight excluding hydrogens is 689 g/mol. The molecule has 1 saturated heterocycles. The molecule has 6 rings (SSSR count). The lowest BCUT2D eigenvalue weighted by Crippen LogP contribution is -2.69. The highest BCUT2D eigenvalue weighted by atomic mass is 32.2. The fourth-order valence-electron chi connectivity index (χ4n) is 14.2. The van der Waals surface area contributed by atoms with Crippen molar-refractivity contribution in [3.63, 3.8) is 0 Å². The minimum absolute atomic E-state index is 0.0216. The van der Waals surface area contributed by atoms with Gasteiger partial charge in [-0.3, -0.25) is 14.5 Å². The van der Waals surface area contributed by atoms with Crippen LogP contribution in [0.5, 0.6) is 0 Å². The van der Waals surface area contributed by atoms with Gasteiger partial charge in [0, 0.05) is 36.6 Å². The van der Waals surface area contributed by atoms with Crippen LogP contribution in [0.4, 0.5) is 0 Å². The zero-order valence-electron chi connectivity index (χ0n) is 34.4. The molecule has 5 saturated carbocycles. The highest BCUT2D eigenvalue weighted by Crippen LogP contribution is 2.76. The Morgan fingerprint density at radius 3 is 2.19 bits per heavy atom. The number of allylic oxidation sites excluding steroid dienone is 1. The number of esters is 1. The number of aliphatic hydroxyl groups excluding tert-OH is 1. The molecule has 6 fully saturated rings. The SMILES string of the molecule is C=C(C)[C@@H]1CC[C@]2(NCC([C@H](C)O)N3CCS(=O)(=O)CC3)CC[C@]3(C)[C@H](CC[C@@H]4[C@@]5(C)CC[C@H](OC(=O)CC(C)(C)C(=O)O)C(C)(C)[C@@H]5CC[C@]43C)[C@@H]12. The molecule has 9 nitrogen and oxygen atoms in total. The lowest BCUT2D eigenvalue weighted by molar-refractivity contribution is -0.246. The van der Waals surface area contributed by atoms with E-state index in [1.165, 1.54) is 24.8 Å². The van der Waals surface area contributed by atoms with Crippen LogP contribution in [0.1, 0.15) is 133 Å². The lowest BCUT2D eigenvalue weighted by atomic mass is 9.32. The van der Waals surface area contributed by atoms with Gasteiger partial charge in [-0.2, -0.15) is 0 Å². The van der Waals surface area contributed by atoms with Gasteiger partial charge in [0.15, 0.2) is 9.84 Å². The second-order valence-electron chi connectivity index (χ2n) is 20.9. The van der Waals surface area contributed by atoms with Gasteiger partial charge >= 0.3 is 11.9 Å². The Bertz CT molecular complexity index is 1540. The van der Waals surface area contributed by atoms with Crippen LogP contribution in [0.3, 0.4) is 0 Å². The fraction of sp³-hybridized carbons (Fsp3) is 0.907. The monoisotopic (exact) mass is 761 g/mol. The van der Waals surface area contributed by atoms with E-state index in [2.05, 4.69) is 58.3 Å². The summed E-state index contributed by atoms with van der Waals surface area (Å²) < 4.78 is 30.6. The van der Waals surface area contributed by atoms with E-state index in [1.54, 1.807) is 13.8 Å². The molecule has 302 valence electrons. The zero-order valence-corrected chi connectivity index (χ0v) is 35.2. The van der Waals surface area contributed by atoms with Crippen LogP contribution in [0, 0.1) is 56.7 Å². The summed E-state index contributed by atoms with van der Waals surface area (Å²) >= 11 is 0. The predicted octanol–water partition coefficient (Wildman–Crippen LogP) is 6.88. The van der Waals surface area contributed by atoms with Crippen LogP contribution in [-0.2, 0) is 24.2 Å². The largest absolute Gasteiger partial charge is 0.481 e. The van der Waals surface area contributed by atoms with Crippen LogP contribution >= 0.6 is 0 Å². The second-order valence-corrected chi connectivity index (χ2v) is 23.2. The molecule has 10 heteroatoms. The number of aliphatic carboxylic acids is 1. The Labute approximate surface area is 320 Å². The molecule has 12 atom stereocenters. The van der Waals surface area contributed by atoms with Gasteiger partial charge in [-0.15, -0.1) is 0 Å². The number of carboxylic acid groups (broad SMARTS) is 1. The Morgan fingerprint density at radius 2 is 1.58 bits per heavy atom. The van der Waals surface area contributed by atoms with E-state index >= 15 is 0 Å². The van der Waals surface area contributed by atoms with Gasteiger partial charge < -0.3 is 20.3 Å². The van der Waals surface area contributed by atoms with Crippen molar-refractivity contribution < 1.29 is 33.0 Å². The van der Waals surface area contributed by atoms with Crippen molar-refractivity contribution in [2.75, 3.05) is 31.1 Å². The summed E-state index contributed by atoms with van der Waals surface area (Å²) in [5, 5.41) is 24.8. The number of carbonyl (C=O) groups excluding carboxylic acids is 1. The topological polar surface area (TPSA) is 133 Å². The number of ether oxygens (including phenoxy) is 1. The minimum Gasteiger partial charge on any atom is -0.481 e. The molecular formula is C43H72N2O7S. The Hall–Kier alpha value is -1.49. The maximum atomic E-state index is 13.1. The summed E-state index contributed by atoms with van der Waals surface area (Å²) in [6, 6.07) is -0.123. The number of carbonyl (C=O) groups is 2. The van der Waals surface area contributed by atoms with Gasteiger partial charge in [0.25, 0.3) is 0 Å². The number of fused-ring (bicyclic) bond motifs is 7. The van der Waals surface area contributed by atoms with Gasteiger partial charge in [-0.05, 0) is 138 Å². The molecule has 0 aromatic rings. The van der Waals surface area contributed by atoms with Crippen LogP contribution in [0.2, 0.25) is 0 Å². The average Bonchev–Trinajstić information content (AvgIpc) is 3.43. The minimum atomic E-state index is -3.00. The van der Waals surface area contributed by atoms with E-state index in [4.69, 9.17) is 4.74 Å². The van der Waals surface area contributed by atoms with Gasteiger partial charge in [0.2, 0.25) is 0 Å². The molecule has 0 aromatic heterocycles. The number of carboxylic acids is 1. The number of sulfone groups is 1. The van der Waals surface area contributed by atoms with E-state index in [9.17, 15) is 28.2 Å². The van der Waals surface area contributed by atoms with E-state index in [-0.39, 0.29) is 57.3 Å². The predicted molar refractivity (Wildman–Crippen MR) is 209 cm³/mol. The number of rotatable bonds is 10. The van der Waals surface area contributed by atoms with Gasteiger partial charge in [-0.1, -0.05) is 46.8 Å². The Balaban J connectivity index is 1.23. The van der Waals surface area contributed by atoms with Crippen molar-refractivity contribution in [3.8, 4) is 0 Å². The third-order valence-corrected chi connectivity index (χ3v) is 19.1. The molecule has 0 radical (unpaired) electrons. The number of nitrogens with one attached hydrogen (secondary N) is 1. The molecule has 53 heavy (non-hydrogen) atoms. The van der Waals surface area contributed by atoms with Crippen molar-refractivity contribution in [1.82, 2.24) is 10.2 Å². The number of hydrogen-bond acceptors (Lipinski definition) is 8. The van der Waals surface area contributed by atoms with E-state index in [1.807, 2.05) is 6.92 Å². The first kappa shape index (κ1) is 41.2. The van der Waals surface area contributed by atoms with Crippen molar-refractivity contribution in [2.45, 2.75) is 157 Å². The number of nitrogens with zero attached hydrogens (tertiary/aromatic N) is 1. The molecule has 1 aliphatic heterocycles. The number of hydrogen-bond donors (Lipinski definition) is 3. The van der Waals surface area contributed by atoms with Crippen LogP contribution < -0.4 is 5.32 Å². The Kier molecular flexibility index (Phi) is 10.8. The van der Waals surface area contributed by atoms with Gasteiger partial charge in [0.05, 0.1) is 29.4 Å². The highest BCUT2D eigenvalue weighted by molar-refractivity contribution is 7.91. The summed E-state index contributed by atoms with van der Waals surface area (Å²) in [5.41, 5.74) is 0.359. The third-order valence-electron chi connectivity index (χ3n) is 17.5. The molecule has 0 amide bonds. The molecule has 1 unspecified atom stereocenters. The maximum absolute atomic E-state index is 13.1. The molecule has 6 aliphatic rings. The molecule has 0 bridgehead atoms. The van der Waals surface area contributed by atoms with Crippen molar-refractivity contribution in [1.29, 1.82) is 0 Å². The van der Waals surface area contributed by atoms with Crippen LogP contribution in [0.15, 0.2) is 12.2 Å². The molecule has 1 heterocycles. The van der Waals surface area contributed by atoms with E-state index in [0.717, 1.165) is 44.9 Å². The van der Waals surface area contributed by atoms with Gasteiger partial charge in [0.1, 0.15) is 6.10 Å². The van der Waals surface area contributed by atoms with Crippen molar-refractivity contribution >= 4 is 21.8 Å². The van der Waals surface area contributed by atoms with E-state index < -0.39 is 33.3 Å². The summed E-state index contributed by atoms with van der Waals surface area (Å²) in [4.78, 5) is 27.1. The van der Waals surface area contributed by atoms with Crippen molar-refractivity contribution in [2.24, 2.45) is 56.7 Å². The maximum Gasteiger partial charge on any atom is 0.309 e. The van der Waals surface area contributed by atoms with Crippen molar-refractivity contribution in [3.05, 3.63) is 12.2 Å². The first-order chi connectivity index (χ1) is 24.4. The second kappa shape index (κ2) is 13.9. The number of aliphatic hydroxyl groups is 1. The molecule has 5 aliphatic carbocycles. The standard InChI is InChI=1S/C43H72N2O7S/c1-27(2)29-13-18-43(44-26-31(28(3)46)45-21-23-53(50,51)24-22-45)20-19-41(9)30(36(29)43)11-12-33-40(8)16-15-34(52-35(47)25-38(4,5)37(48)49)39(6,7)32(40)14-17-42(33,41)10/h28-34,36,44,46H,1,11-26H2,2-10H3,(H,48,49)/t28-,29-,30+,31?,32-,33+,34-,36+,40-,41+,42+,43-/m0/s1. The average molecular weight is 761 g/mol. The smallest absolute Gasteiger partial charge is 0.309 e. The summed E-state index contributed by atoms with van der Waals surface area (Å²) in [6.07, 6.45) is 10.1. The van der Waals surface area contributed by atoms with E-state index in [0.29, 0.717) is 49.2 Å². The molecule has 0 aromatic carbocycles. The quantitative estimate of drug-likeness (QED) is 0.161. The summed E-state index contributed by atoms with van der Waals surface area (Å²) in [7, 11) is -3.00. The highest BCUT2D eigenvalue weighted by Gasteiger charge is 2.71. The summed E-state index contributed by atoms with van der Waals surface area (Å²) in [5.74, 6) is 1.40. The van der Waals surface area contributed by atoms with Gasteiger partial charge in [-0.25, -0.2) is 8.42 Å². The first-order valence-corrected chi connectivity index (χ1v) is 22.7. The van der Waals surface area contributed by atoms with Crippen LogP contribution in [-0.4, -0.2) is 90.4 Å². The Morgan fingerprint density at radius 1 is 0.925 bits per heavy atom. The zero-order chi connectivity index (χ0) is 39.2. The van der Waals surface area contributed by atoms with Crippen LogP contribution in [0.25, 0.3) is 0 Å². The third kappa shape index (κ3) is 6.77. The molecule has 3 N–H and O–H groups in total. The molecule has 0 spiro atoms. The normalized spacial score (nSPS) is 43.3. The fourth-order valence-corrected chi connectivity index (χ4v) is 15.5.